The van der Waals surface area contributed by atoms with Gasteiger partial charge in [0.05, 0.1) is 6.04 Å². The van der Waals surface area contributed by atoms with Gasteiger partial charge in [-0.05, 0) is 31.9 Å². The van der Waals surface area contributed by atoms with Gasteiger partial charge in [-0.3, -0.25) is 4.90 Å². The number of carbonyl (C=O) groups is 1. The molecule has 116 valence electrons. The Kier molecular flexibility index (Phi) is 5.20. The molecule has 0 bridgehead atoms. The number of hydrogen-bond donors (Lipinski definition) is 3. The van der Waals surface area contributed by atoms with Crippen molar-refractivity contribution in [3.8, 4) is 0 Å². The van der Waals surface area contributed by atoms with E-state index >= 15 is 0 Å². The number of nitrogens with zero attached hydrogens (tertiary/aromatic N) is 1. The Labute approximate surface area is 126 Å². The lowest BCUT2D eigenvalue weighted by Crippen LogP contribution is -2.53. The van der Waals surface area contributed by atoms with Crippen LogP contribution in [0.4, 0.5) is 4.79 Å². The van der Waals surface area contributed by atoms with E-state index in [1.54, 1.807) is 0 Å². The van der Waals surface area contributed by atoms with Crippen molar-refractivity contribution < 1.29 is 9.90 Å². The number of benzene rings is 1. The highest BCUT2D eigenvalue weighted by atomic mass is 16.4. The Morgan fingerprint density at radius 2 is 1.90 bits per heavy atom. The Balaban J connectivity index is 1.94. The minimum absolute atomic E-state index is 0.184. The Bertz CT molecular complexity index is 465. The first-order valence-electron chi connectivity index (χ1n) is 7.50. The summed E-state index contributed by atoms with van der Waals surface area (Å²) in [7, 11) is 0. The second kappa shape index (κ2) is 6.91. The van der Waals surface area contributed by atoms with Gasteiger partial charge in [-0.2, -0.15) is 0 Å². The lowest BCUT2D eigenvalue weighted by atomic mass is 10.0. The third-order valence-corrected chi connectivity index (χ3v) is 3.86. The van der Waals surface area contributed by atoms with Crippen LogP contribution in [0.3, 0.4) is 0 Å². The molecule has 1 amide bonds. The number of amides is 1. The molecule has 0 radical (unpaired) electrons. The smallest absolute Gasteiger partial charge is 0.405 e. The van der Waals surface area contributed by atoms with E-state index in [2.05, 4.69) is 41.5 Å². The highest BCUT2D eigenvalue weighted by Crippen LogP contribution is 2.15. The van der Waals surface area contributed by atoms with Crippen molar-refractivity contribution in [2.45, 2.75) is 45.4 Å². The predicted molar refractivity (Wildman–Crippen MR) is 83.4 cm³/mol. The predicted octanol–water partition coefficient (Wildman–Crippen LogP) is 2.20. The van der Waals surface area contributed by atoms with E-state index in [1.165, 1.54) is 5.56 Å². The maximum Gasteiger partial charge on any atom is 0.405 e. The van der Waals surface area contributed by atoms with E-state index in [0.717, 1.165) is 25.2 Å². The number of rotatable bonds is 4. The summed E-state index contributed by atoms with van der Waals surface area (Å²) in [6.45, 7) is 9.34. The summed E-state index contributed by atoms with van der Waals surface area (Å²) in [6.07, 6.45) is -0.990. The van der Waals surface area contributed by atoms with E-state index in [-0.39, 0.29) is 6.04 Å². The van der Waals surface area contributed by atoms with Crippen LogP contribution in [0.25, 0.3) is 0 Å². The zero-order valence-corrected chi connectivity index (χ0v) is 13.0. The standard InChI is InChI=1S/C16H25N3O2/c1-11-8-19(9-12(2)17-11)10-14-4-6-15(7-5-14)13(3)18-16(20)21/h4-7,11-13,17-18H,8-10H2,1-3H3,(H,20,21)/t11?,12?,13-/m0/s1. The van der Waals surface area contributed by atoms with E-state index in [9.17, 15) is 4.79 Å². The monoisotopic (exact) mass is 291 g/mol. The van der Waals surface area contributed by atoms with Crippen LogP contribution in [0.5, 0.6) is 0 Å². The van der Waals surface area contributed by atoms with Crippen LogP contribution in [0.15, 0.2) is 24.3 Å². The summed E-state index contributed by atoms with van der Waals surface area (Å²) in [5.74, 6) is 0. The maximum absolute atomic E-state index is 10.7. The molecule has 5 heteroatoms. The number of nitrogens with one attached hydrogen (secondary N) is 2. The van der Waals surface area contributed by atoms with Gasteiger partial charge < -0.3 is 15.7 Å². The van der Waals surface area contributed by atoms with E-state index in [1.807, 2.05) is 19.1 Å². The molecule has 0 saturated carbocycles. The lowest BCUT2D eigenvalue weighted by Gasteiger charge is -2.36. The summed E-state index contributed by atoms with van der Waals surface area (Å²) in [6, 6.07) is 9.05. The van der Waals surface area contributed by atoms with Crippen molar-refractivity contribution in [3.63, 3.8) is 0 Å². The van der Waals surface area contributed by atoms with E-state index < -0.39 is 6.09 Å². The molecule has 21 heavy (non-hydrogen) atoms. The first kappa shape index (κ1) is 15.8. The van der Waals surface area contributed by atoms with Gasteiger partial charge in [0.2, 0.25) is 0 Å². The number of carboxylic acid groups (broad SMARTS) is 1. The topological polar surface area (TPSA) is 64.6 Å². The fraction of sp³-hybridized carbons (Fsp3) is 0.562. The molecule has 1 aromatic rings. The van der Waals surface area contributed by atoms with Crippen molar-refractivity contribution in [3.05, 3.63) is 35.4 Å². The second-order valence-corrected chi connectivity index (χ2v) is 6.08. The molecule has 1 fully saturated rings. The number of piperazine rings is 1. The summed E-state index contributed by atoms with van der Waals surface area (Å²) in [4.78, 5) is 13.1. The molecule has 1 aliphatic rings. The van der Waals surface area contributed by atoms with Crippen LogP contribution in [0.2, 0.25) is 0 Å². The second-order valence-electron chi connectivity index (χ2n) is 6.08. The van der Waals surface area contributed by atoms with Crippen LogP contribution < -0.4 is 10.6 Å². The van der Waals surface area contributed by atoms with Gasteiger partial charge in [0.15, 0.2) is 0 Å². The van der Waals surface area contributed by atoms with E-state index in [0.29, 0.717) is 12.1 Å². The van der Waals surface area contributed by atoms with Crippen LogP contribution in [0.1, 0.15) is 37.9 Å². The molecule has 3 atom stereocenters. The first-order chi connectivity index (χ1) is 9.94. The minimum Gasteiger partial charge on any atom is -0.465 e. The molecule has 5 nitrogen and oxygen atoms in total. The third kappa shape index (κ3) is 4.72. The minimum atomic E-state index is -0.990. The molecule has 0 aliphatic carbocycles. The Hall–Kier alpha value is -1.59. The van der Waals surface area contributed by atoms with E-state index in [4.69, 9.17) is 5.11 Å². The van der Waals surface area contributed by atoms with Crippen LogP contribution in [-0.2, 0) is 6.54 Å². The van der Waals surface area contributed by atoms with Crippen molar-refractivity contribution in [1.82, 2.24) is 15.5 Å². The van der Waals surface area contributed by atoms with Gasteiger partial charge in [-0.15, -0.1) is 0 Å². The lowest BCUT2D eigenvalue weighted by molar-refractivity contribution is 0.166. The van der Waals surface area contributed by atoms with Crippen LogP contribution >= 0.6 is 0 Å². The molecule has 1 saturated heterocycles. The van der Waals surface area contributed by atoms with Gasteiger partial charge in [0.1, 0.15) is 0 Å². The molecule has 0 aromatic heterocycles. The fourth-order valence-electron chi connectivity index (χ4n) is 3.01. The molecule has 0 spiro atoms. The largest absolute Gasteiger partial charge is 0.465 e. The molecule has 2 rings (SSSR count). The average molecular weight is 291 g/mol. The molecule has 1 aromatic carbocycles. The summed E-state index contributed by atoms with van der Waals surface area (Å²) in [5.41, 5.74) is 2.26. The van der Waals surface area contributed by atoms with Gasteiger partial charge in [-0.1, -0.05) is 24.3 Å². The Morgan fingerprint density at radius 3 is 2.43 bits per heavy atom. The van der Waals surface area contributed by atoms with Gasteiger partial charge in [0, 0.05) is 31.7 Å². The first-order valence-corrected chi connectivity index (χ1v) is 7.50. The zero-order valence-electron chi connectivity index (χ0n) is 13.0. The maximum atomic E-state index is 10.7. The molecule has 3 N–H and O–H groups in total. The average Bonchev–Trinajstić information content (AvgIpc) is 2.37. The van der Waals surface area contributed by atoms with Crippen molar-refractivity contribution >= 4 is 6.09 Å². The van der Waals surface area contributed by atoms with Gasteiger partial charge >= 0.3 is 6.09 Å². The summed E-state index contributed by atoms with van der Waals surface area (Å²) in [5, 5.41) is 14.7. The highest BCUT2D eigenvalue weighted by molar-refractivity contribution is 5.65. The van der Waals surface area contributed by atoms with Crippen LogP contribution in [-0.4, -0.2) is 41.3 Å². The zero-order chi connectivity index (χ0) is 15.4. The number of hydrogen-bond acceptors (Lipinski definition) is 3. The molecule has 1 heterocycles. The normalized spacial score (nSPS) is 24.5. The summed E-state index contributed by atoms with van der Waals surface area (Å²) < 4.78 is 0. The molecule has 2 unspecified atom stereocenters. The van der Waals surface area contributed by atoms with Crippen LogP contribution in [0, 0.1) is 0 Å². The molecular formula is C16H25N3O2. The summed E-state index contributed by atoms with van der Waals surface area (Å²) >= 11 is 0. The fourth-order valence-corrected chi connectivity index (χ4v) is 3.01. The van der Waals surface area contributed by atoms with Crippen molar-refractivity contribution in [1.29, 1.82) is 0 Å². The van der Waals surface area contributed by atoms with Gasteiger partial charge in [0.25, 0.3) is 0 Å². The highest BCUT2D eigenvalue weighted by Gasteiger charge is 2.20. The van der Waals surface area contributed by atoms with Gasteiger partial charge in [-0.25, -0.2) is 4.79 Å². The van der Waals surface area contributed by atoms with Crippen molar-refractivity contribution in [2.24, 2.45) is 0 Å². The third-order valence-electron chi connectivity index (χ3n) is 3.86. The van der Waals surface area contributed by atoms with Crippen molar-refractivity contribution in [2.75, 3.05) is 13.1 Å². The molecular weight excluding hydrogens is 266 g/mol. The quantitative estimate of drug-likeness (QED) is 0.796. The Morgan fingerprint density at radius 1 is 1.33 bits per heavy atom. The molecule has 1 aliphatic heterocycles. The SMILES string of the molecule is CC1CN(Cc2ccc([C@H](C)NC(=O)O)cc2)CC(C)N1.